The predicted molar refractivity (Wildman–Crippen MR) is 61.6 cm³/mol. The number of thiophene rings is 1. The molecule has 1 aliphatic rings. The van der Waals surface area contributed by atoms with E-state index in [0.717, 1.165) is 23.6 Å². The summed E-state index contributed by atoms with van der Waals surface area (Å²) in [5, 5.41) is 8.93. The maximum absolute atomic E-state index is 10.9. The quantitative estimate of drug-likeness (QED) is 0.856. The van der Waals surface area contributed by atoms with Crippen molar-refractivity contribution in [1.29, 1.82) is 0 Å². The Morgan fingerprint density at radius 2 is 2.40 bits per heavy atom. The molecule has 2 atom stereocenters. The smallest absolute Gasteiger partial charge is 0.311 e. The van der Waals surface area contributed by atoms with Crippen molar-refractivity contribution in [3.63, 3.8) is 0 Å². The van der Waals surface area contributed by atoms with Crippen molar-refractivity contribution < 1.29 is 9.90 Å². The van der Waals surface area contributed by atoms with E-state index in [4.69, 9.17) is 5.11 Å². The van der Waals surface area contributed by atoms with Crippen LogP contribution < -0.4 is 0 Å². The number of carboxylic acids is 1. The van der Waals surface area contributed by atoms with Gasteiger partial charge in [0.2, 0.25) is 0 Å². The molecular formula is C12H16O2S. The minimum atomic E-state index is -0.720. The molecule has 3 heteroatoms. The molecule has 1 N–H and O–H groups in total. The van der Waals surface area contributed by atoms with Crippen LogP contribution in [0, 0.1) is 5.92 Å². The summed E-state index contributed by atoms with van der Waals surface area (Å²) in [6.45, 7) is 3.99. The van der Waals surface area contributed by atoms with E-state index >= 15 is 0 Å². The highest BCUT2D eigenvalue weighted by atomic mass is 32.1. The molecule has 0 aromatic carbocycles. The van der Waals surface area contributed by atoms with Crippen molar-refractivity contribution in [1.82, 2.24) is 0 Å². The fourth-order valence-electron chi connectivity index (χ4n) is 2.10. The summed E-state index contributed by atoms with van der Waals surface area (Å²) >= 11 is 1.70. The van der Waals surface area contributed by atoms with Gasteiger partial charge in [-0.3, -0.25) is 4.79 Å². The summed E-state index contributed by atoms with van der Waals surface area (Å²) in [7, 11) is 0. The van der Waals surface area contributed by atoms with Gasteiger partial charge in [-0.25, -0.2) is 0 Å². The van der Waals surface area contributed by atoms with Crippen LogP contribution in [0.3, 0.4) is 0 Å². The lowest BCUT2D eigenvalue weighted by molar-refractivity contribution is -0.138. The maximum atomic E-state index is 10.9. The number of fused-ring (bicyclic) bond motifs is 1. The molecule has 0 spiro atoms. The van der Waals surface area contributed by atoms with Gasteiger partial charge < -0.3 is 5.11 Å². The van der Waals surface area contributed by atoms with Crippen LogP contribution in [0.15, 0.2) is 6.07 Å². The first-order valence-electron chi connectivity index (χ1n) is 5.46. The standard InChI is InChI=1S/C12H16O2S/c1-3-8-4-9-6-10(7(2)12(13)14)15-11(9)5-8/h6-8H,3-5H2,1-2H3,(H,13,14). The third-order valence-corrected chi connectivity index (χ3v) is 4.66. The van der Waals surface area contributed by atoms with E-state index in [0.29, 0.717) is 0 Å². The molecule has 0 saturated carbocycles. The summed E-state index contributed by atoms with van der Waals surface area (Å²) in [5.41, 5.74) is 1.40. The average molecular weight is 224 g/mol. The van der Waals surface area contributed by atoms with Crippen LogP contribution in [0.4, 0.5) is 0 Å². The number of carbonyl (C=O) groups is 1. The topological polar surface area (TPSA) is 37.3 Å². The molecule has 1 aliphatic carbocycles. The van der Waals surface area contributed by atoms with Crippen molar-refractivity contribution in [2.45, 2.75) is 39.0 Å². The normalized spacial score (nSPS) is 21.3. The van der Waals surface area contributed by atoms with Gasteiger partial charge in [-0.05, 0) is 37.3 Å². The first kappa shape index (κ1) is 10.7. The highest BCUT2D eigenvalue weighted by Gasteiger charge is 2.25. The second-order valence-corrected chi connectivity index (χ2v) is 5.51. The van der Waals surface area contributed by atoms with E-state index in [1.165, 1.54) is 16.9 Å². The fraction of sp³-hybridized carbons (Fsp3) is 0.583. The zero-order valence-electron chi connectivity index (χ0n) is 9.12. The minimum Gasteiger partial charge on any atom is -0.481 e. The van der Waals surface area contributed by atoms with Crippen molar-refractivity contribution in [2.75, 3.05) is 0 Å². The molecule has 2 rings (SSSR count). The van der Waals surface area contributed by atoms with Gasteiger partial charge in [-0.15, -0.1) is 11.3 Å². The molecule has 0 aliphatic heterocycles. The van der Waals surface area contributed by atoms with Crippen molar-refractivity contribution in [3.8, 4) is 0 Å². The van der Waals surface area contributed by atoms with Crippen molar-refractivity contribution in [3.05, 3.63) is 21.4 Å². The Morgan fingerprint density at radius 1 is 1.67 bits per heavy atom. The van der Waals surface area contributed by atoms with E-state index in [9.17, 15) is 4.79 Å². The van der Waals surface area contributed by atoms with Gasteiger partial charge >= 0.3 is 5.97 Å². The van der Waals surface area contributed by atoms with Gasteiger partial charge in [0.05, 0.1) is 5.92 Å². The van der Waals surface area contributed by atoms with Crippen LogP contribution in [0.2, 0.25) is 0 Å². The van der Waals surface area contributed by atoms with Crippen LogP contribution in [-0.2, 0) is 17.6 Å². The third-order valence-electron chi connectivity index (χ3n) is 3.27. The van der Waals surface area contributed by atoms with Gasteiger partial charge in [0.15, 0.2) is 0 Å². The molecule has 82 valence electrons. The Kier molecular flexibility index (Phi) is 2.83. The summed E-state index contributed by atoms with van der Waals surface area (Å²) in [6, 6.07) is 2.11. The van der Waals surface area contributed by atoms with E-state index in [1.54, 1.807) is 18.3 Å². The summed E-state index contributed by atoms with van der Waals surface area (Å²) in [5.74, 6) is -0.275. The van der Waals surface area contributed by atoms with Crippen LogP contribution in [0.5, 0.6) is 0 Å². The first-order valence-corrected chi connectivity index (χ1v) is 6.27. The molecule has 1 aromatic heterocycles. The number of carboxylic acid groups (broad SMARTS) is 1. The van der Waals surface area contributed by atoms with Crippen molar-refractivity contribution >= 4 is 17.3 Å². The molecule has 0 radical (unpaired) electrons. The summed E-state index contributed by atoms with van der Waals surface area (Å²) in [4.78, 5) is 13.3. The number of rotatable bonds is 3. The zero-order chi connectivity index (χ0) is 11.0. The summed E-state index contributed by atoms with van der Waals surface area (Å²) in [6.07, 6.45) is 3.53. The highest BCUT2D eigenvalue weighted by Crippen LogP contribution is 2.37. The Bertz CT molecular complexity index is 357. The summed E-state index contributed by atoms with van der Waals surface area (Å²) < 4.78 is 0. The molecule has 2 unspecified atom stereocenters. The van der Waals surface area contributed by atoms with E-state index in [2.05, 4.69) is 13.0 Å². The van der Waals surface area contributed by atoms with Gasteiger partial charge in [0.25, 0.3) is 0 Å². The Morgan fingerprint density at radius 3 is 2.93 bits per heavy atom. The van der Waals surface area contributed by atoms with Gasteiger partial charge in [-0.1, -0.05) is 13.3 Å². The second-order valence-electron chi connectivity index (χ2n) is 4.34. The third kappa shape index (κ3) is 1.93. The minimum absolute atomic E-state index is 0.347. The lowest BCUT2D eigenvalue weighted by Gasteiger charge is -2.05. The number of hydrogen-bond acceptors (Lipinski definition) is 2. The molecule has 15 heavy (non-hydrogen) atoms. The monoisotopic (exact) mass is 224 g/mol. The fourth-order valence-corrected chi connectivity index (χ4v) is 3.46. The number of aliphatic carboxylic acids is 1. The second kappa shape index (κ2) is 3.97. The first-order chi connectivity index (χ1) is 7.11. The molecule has 1 heterocycles. The van der Waals surface area contributed by atoms with E-state index in [1.807, 2.05) is 0 Å². The van der Waals surface area contributed by atoms with E-state index < -0.39 is 5.97 Å². The molecule has 1 aromatic rings. The largest absolute Gasteiger partial charge is 0.481 e. The van der Waals surface area contributed by atoms with Gasteiger partial charge in [0, 0.05) is 9.75 Å². The molecule has 0 amide bonds. The van der Waals surface area contributed by atoms with Crippen LogP contribution in [0.25, 0.3) is 0 Å². The molecule has 0 saturated heterocycles. The van der Waals surface area contributed by atoms with Gasteiger partial charge in [-0.2, -0.15) is 0 Å². The average Bonchev–Trinajstić information content (AvgIpc) is 2.72. The van der Waals surface area contributed by atoms with Crippen LogP contribution in [-0.4, -0.2) is 11.1 Å². The SMILES string of the molecule is CCC1Cc2cc(C(C)C(=O)O)sc2C1. The predicted octanol–water partition coefficient (Wildman–Crippen LogP) is 3.06. The lowest BCUT2D eigenvalue weighted by Crippen LogP contribution is -2.05. The molecule has 0 bridgehead atoms. The van der Waals surface area contributed by atoms with Gasteiger partial charge in [0.1, 0.15) is 0 Å². The molecular weight excluding hydrogens is 208 g/mol. The lowest BCUT2D eigenvalue weighted by atomic mass is 10.0. The van der Waals surface area contributed by atoms with Crippen LogP contribution in [0.1, 0.15) is 41.5 Å². The zero-order valence-corrected chi connectivity index (χ0v) is 9.93. The van der Waals surface area contributed by atoms with Crippen LogP contribution >= 0.6 is 11.3 Å². The maximum Gasteiger partial charge on any atom is 0.311 e. The number of hydrogen-bond donors (Lipinski definition) is 1. The Hall–Kier alpha value is -0.830. The molecule has 0 fully saturated rings. The Balaban J connectivity index is 2.18. The van der Waals surface area contributed by atoms with E-state index in [-0.39, 0.29) is 5.92 Å². The van der Waals surface area contributed by atoms with Crippen molar-refractivity contribution in [2.24, 2.45) is 5.92 Å². The molecule has 2 nitrogen and oxygen atoms in total. The Labute approximate surface area is 93.9 Å². The highest BCUT2D eigenvalue weighted by molar-refractivity contribution is 7.12.